The summed E-state index contributed by atoms with van der Waals surface area (Å²) in [5.41, 5.74) is -1.08. The fraction of sp³-hybridized carbons (Fsp3) is 0.0833. The number of amides is 1. The lowest BCUT2D eigenvalue weighted by molar-refractivity contribution is -0.393. The Labute approximate surface area is 117 Å². The minimum absolute atomic E-state index is 0.113. The van der Waals surface area contributed by atoms with E-state index in [0.29, 0.717) is 0 Å². The summed E-state index contributed by atoms with van der Waals surface area (Å²) in [6.45, 7) is 0. The second-order valence-corrected chi connectivity index (χ2v) is 3.94. The van der Waals surface area contributed by atoms with E-state index in [2.05, 4.69) is 5.32 Å². The number of benzene rings is 2. The first-order valence-corrected chi connectivity index (χ1v) is 5.69. The Morgan fingerprint density at radius 3 is 2.19 bits per heavy atom. The Bertz CT molecular complexity index is 758. The maximum absolute atomic E-state index is 11.3. The third-order valence-corrected chi connectivity index (χ3v) is 2.75. The molecule has 2 aromatic carbocycles. The van der Waals surface area contributed by atoms with E-state index in [0.717, 1.165) is 6.07 Å². The van der Waals surface area contributed by atoms with Gasteiger partial charge in [0.2, 0.25) is 5.75 Å². The minimum atomic E-state index is -0.905. The zero-order valence-electron chi connectivity index (χ0n) is 10.7. The minimum Gasteiger partial charge on any atom is -0.402 e. The molecule has 0 spiro atoms. The maximum Gasteiger partial charge on any atom is 0.412 e. The van der Waals surface area contributed by atoms with Crippen molar-refractivity contribution in [1.82, 2.24) is 5.32 Å². The van der Waals surface area contributed by atoms with Crippen LogP contribution in [-0.4, -0.2) is 23.0 Å². The van der Waals surface area contributed by atoms with Gasteiger partial charge in [-0.3, -0.25) is 20.2 Å². The molecule has 2 rings (SSSR count). The molecule has 1 N–H and O–H groups in total. The van der Waals surface area contributed by atoms with Crippen LogP contribution < -0.4 is 10.1 Å². The van der Waals surface area contributed by atoms with Gasteiger partial charge in [0.1, 0.15) is 0 Å². The molecule has 0 aliphatic rings. The maximum atomic E-state index is 11.3. The fourth-order valence-electron chi connectivity index (χ4n) is 1.85. The standard InChI is InChI=1S/C12H9N3O6/c1-13-12(16)21-11-8-5-3-2-4-7(8)9(14(17)18)6-10(11)15(19)20/h2-6H,1H3,(H,13,16). The van der Waals surface area contributed by atoms with Crippen molar-refractivity contribution in [2.24, 2.45) is 0 Å². The molecule has 0 bridgehead atoms. The van der Waals surface area contributed by atoms with Gasteiger partial charge in [0.05, 0.1) is 21.3 Å². The number of nitrogens with zero attached hydrogens (tertiary/aromatic N) is 2. The smallest absolute Gasteiger partial charge is 0.402 e. The van der Waals surface area contributed by atoms with E-state index in [1.54, 1.807) is 6.07 Å². The van der Waals surface area contributed by atoms with Gasteiger partial charge in [-0.25, -0.2) is 4.79 Å². The highest BCUT2D eigenvalue weighted by molar-refractivity contribution is 5.99. The number of carbonyl (C=O) groups is 1. The van der Waals surface area contributed by atoms with Crippen LogP contribution in [-0.2, 0) is 0 Å². The molecule has 0 saturated carbocycles. The molecule has 0 aliphatic carbocycles. The van der Waals surface area contributed by atoms with Crippen molar-refractivity contribution < 1.29 is 19.4 Å². The van der Waals surface area contributed by atoms with Crippen LogP contribution in [0.25, 0.3) is 10.8 Å². The summed E-state index contributed by atoms with van der Waals surface area (Å²) in [6, 6.07) is 6.69. The topological polar surface area (TPSA) is 125 Å². The van der Waals surface area contributed by atoms with Crippen LogP contribution >= 0.6 is 0 Å². The van der Waals surface area contributed by atoms with E-state index < -0.39 is 27.3 Å². The number of hydrogen-bond donors (Lipinski definition) is 1. The Morgan fingerprint density at radius 1 is 1.10 bits per heavy atom. The number of nitro benzene ring substituents is 2. The van der Waals surface area contributed by atoms with Crippen molar-refractivity contribution in [3.05, 3.63) is 50.6 Å². The molecule has 0 saturated heterocycles. The lowest BCUT2D eigenvalue weighted by Gasteiger charge is -2.08. The first-order chi connectivity index (χ1) is 9.95. The SMILES string of the molecule is CNC(=O)Oc1c([N+](=O)[O-])cc([N+](=O)[O-])c2ccccc12. The average molecular weight is 291 g/mol. The zero-order chi connectivity index (χ0) is 15.6. The number of hydrogen-bond acceptors (Lipinski definition) is 6. The van der Waals surface area contributed by atoms with Crippen molar-refractivity contribution in [1.29, 1.82) is 0 Å². The van der Waals surface area contributed by atoms with E-state index in [1.807, 2.05) is 0 Å². The van der Waals surface area contributed by atoms with E-state index in [9.17, 15) is 25.0 Å². The zero-order valence-corrected chi connectivity index (χ0v) is 10.7. The van der Waals surface area contributed by atoms with Gasteiger partial charge in [-0.05, 0) is 6.07 Å². The van der Waals surface area contributed by atoms with Crippen molar-refractivity contribution in [3.8, 4) is 5.75 Å². The van der Waals surface area contributed by atoms with Gasteiger partial charge < -0.3 is 10.1 Å². The van der Waals surface area contributed by atoms with Gasteiger partial charge in [0.25, 0.3) is 5.69 Å². The molecule has 2 aromatic rings. The van der Waals surface area contributed by atoms with Crippen LogP contribution in [0.3, 0.4) is 0 Å². The molecular weight excluding hydrogens is 282 g/mol. The molecule has 9 heteroatoms. The molecule has 0 unspecified atom stereocenters. The summed E-state index contributed by atoms with van der Waals surface area (Å²) in [4.78, 5) is 31.9. The Balaban J connectivity index is 2.83. The number of non-ortho nitro benzene ring substituents is 1. The lowest BCUT2D eigenvalue weighted by atomic mass is 10.1. The molecule has 108 valence electrons. The summed E-state index contributed by atoms with van der Waals surface area (Å²) < 4.78 is 4.89. The average Bonchev–Trinajstić information content (AvgIpc) is 2.46. The van der Waals surface area contributed by atoms with Crippen molar-refractivity contribution in [2.45, 2.75) is 0 Å². The number of rotatable bonds is 3. The summed E-state index contributed by atoms with van der Waals surface area (Å²) in [5, 5.41) is 24.5. The molecule has 9 nitrogen and oxygen atoms in total. The third-order valence-electron chi connectivity index (χ3n) is 2.75. The fourth-order valence-corrected chi connectivity index (χ4v) is 1.85. The Hall–Kier alpha value is -3.23. The van der Waals surface area contributed by atoms with E-state index >= 15 is 0 Å². The number of carbonyl (C=O) groups excluding carboxylic acids is 1. The molecule has 0 fully saturated rings. The number of ether oxygens (including phenoxy) is 1. The summed E-state index contributed by atoms with van der Waals surface area (Å²) >= 11 is 0. The van der Waals surface area contributed by atoms with Gasteiger partial charge in [-0.15, -0.1) is 0 Å². The van der Waals surface area contributed by atoms with Crippen LogP contribution in [0.2, 0.25) is 0 Å². The number of nitro groups is 2. The van der Waals surface area contributed by atoms with Gasteiger partial charge in [0.15, 0.2) is 0 Å². The molecule has 0 heterocycles. The summed E-state index contributed by atoms with van der Waals surface area (Å²) in [6.07, 6.45) is -0.905. The van der Waals surface area contributed by atoms with Gasteiger partial charge >= 0.3 is 11.8 Å². The summed E-state index contributed by atoms with van der Waals surface area (Å²) in [5.74, 6) is -0.333. The van der Waals surface area contributed by atoms with Crippen LogP contribution in [0, 0.1) is 20.2 Å². The predicted molar refractivity (Wildman–Crippen MR) is 72.3 cm³/mol. The quantitative estimate of drug-likeness (QED) is 0.683. The van der Waals surface area contributed by atoms with E-state index in [4.69, 9.17) is 4.74 Å². The predicted octanol–water partition coefficient (Wildman–Crippen LogP) is 2.37. The van der Waals surface area contributed by atoms with Crippen LogP contribution in [0.15, 0.2) is 30.3 Å². The van der Waals surface area contributed by atoms with Crippen LogP contribution in [0.5, 0.6) is 5.75 Å². The molecule has 0 aromatic heterocycles. The summed E-state index contributed by atoms with van der Waals surface area (Å²) in [7, 11) is 1.29. The number of nitrogens with one attached hydrogen (secondary N) is 1. The second-order valence-electron chi connectivity index (χ2n) is 3.94. The molecule has 1 amide bonds. The van der Waals surface area contributed by atoms with E-state index in [-0.39, 0.29) is 16.5 Å². The normalized spacial score (nSPS) is 10.1. The molecule has 21 heavy (non-hydrogen) atoms. The van der Waals surface area contributed by atoms with Crippen molar-refractivity contribution in [2.75, 3.05) is 7.05 Å². The van der Waals surface area contributed by atoms with Gasteiger partial charge in [-0.1, -0.05) is 18.2 Å². The van der Waals surface area contributed by atoms with Crippen molar-refractivity contribution >= 4 is 28.2 Å². The highest BCUT2D eigenvalue weighted by Gasteiger charge is 2.27. The first kappa shape index (κ1) is 14.2. The molecule has 0 radical (unpaired) electrons. The highest BCUT2D eigenvalue weighted by Crippen LogP contribution is 2.40. The van der Waals surface area contributed by atoms with Gasteiger partial charge in [-0.2, -0.15) is 0 Å². The third kappa shape index (κ3) is 2.56. The number of fused-ring (bicyclic) bond motifs is 1. The molecule has 0 atom stereocenters. The Kier molecular flexibility index (Phi) is 3.65. The lowest BCUT2D eigenvalue weighted by Crippen LogP contribution is -2.22. The second kappa shape index (κ2) is 5.41. The van der Waals surface area contributed by atoms with E-state index in [1.165, 1.54) is 25.2 Å². The van der Waals surface area contributed by atoms with Gasteiger partial charge in [0, 0.05) is 12.4 Å². The highest BCUT2D eigenvalue weighted by atomic mass is 16.6. The molecular formula is C12H9N3O6. The van der Waals surface area contributed by atoms with Crippen LogP contribution in [0.4, 0.5) is 16.2 Å². The largest absolute Gasteiger partial charge is 0.412 e. The first-order valence-electron chi connectivity index (χ1n) is 5.69. The van der Waals surface area contributed by atoms with Crippen molar-refractivity contribution in [3.63, 3.8) is 0 Å². The Morgan fingerprint density at radius 2 is 1.67 bits per heavy atom. The van der Waals surface area contributed by atoms with Crippen LogP contribution in [0.1, 0.15) is 0 Å². The monoisotopic (exact) mass is 291 g/mol. The molecule has 0 aliphatic heterocycles.